The Hall–Kier alpha value is -1.92. The molecule has 2 aromatic carbocycles. The predicted molar refractivity (Wildman–Crippen MR) is 118 cm³/mol. The Morgan fingerprint density at radius 3 is 2.61 bits per heavy atom. The van der Waals surface area contributed by atoms with Crippen molar-refractivity contribution in [1.29, 1.82) is 0 Å². The van der Waals surface area contributed by atoms with Gasteiger partial charge in [-0.25, -0.2) is 4.98 Å². The van der Waals surface area contributed by atoms with E-state index in [1.54, 1.807) is 12.1 Å². The number of nitrogens with zero attached hydrogens (tertiary/aromatic N) is 1. The van der Waals surface area contributed by atoms with Crippen LogP contribution in [0.25, 0.3) is 11.3 Å². The second-order valence-corrected chi connectivity index (χ2v) is 8.11. The van der Waals surface area contributed by atoms with Gasteiger partial charge in [-0.1, -0.05) is 54.4 Å². The maximum atomic E-state index is 12.3. The zero-order valence-electron chi connectivity index (χ0n) is 15.6. The molecule has 0 saturated carbocycles. The minimum atomic E-state index is -0.139. The monoisotopic (exact) mass is 433 g/mol. The van der Waals surface area contributed by atoms with Crippen molar-refractivity contribution in [2.75, 3.05) is 11.9 Å². The molecule has 28 heavy (non-hydrogen) atoms. The van der Waals surface area contributed by atoms with E-state index < -0.39 is 0 Å². The first-order chi connectivity index (χ1) is 13.5. The number of aromatic nitrogens is 1. The Morgan fingerprint density at radius 2 is 1.93 bits per heavy atom. The highest BCUT2D eigenvalue weighted by atomic mass is 35.5. The van der Waals surface area contributed by atoms with Crippen LogP contribution in [0.15, 0.2) is 47.8 Å². The number of rotatable bonds is 7. The first-order valence-corrected chi connectivity index (χ1v) is 10.6. The number of amides is 1. The number of carbonyl (C=O) groups is 1. The molecule has 0 aliphatic rings. The maximum absolute atomic E-state index is 12.3. The summed E-state index contributed by atoms with van der Waals surface area (Å²) in [5.74, 6) is -0.139. The first kappa shape index (κ1) is 20.8. The number of carbonyl (C=O) groups excluding carboxylic acids is 1. The minimum absolute atomic E-state index is 0.0800. The number of aryl methyl sites for hydroxylation is 1. The number of benzene rings is 2. The van der Waals surface area contributed by atoms with E-state index in [0.29, 0.717) is 20.9 Å². The van der Waals surface area contributed by atoms with Gasteiger partial charge in [-0.3, -0.25) is 4.79 Å². The van der Waals surface area contributed by atoms with Gasteiger partial charge in [-0.05, 0) is 42.7 Å². The number of hydrogen-bond acceptors (Lipinski definition) is 4. The van der Waals surface area contributed by atoms with Gasteiger partial charge in [0.1, 0.15) is 0 Å². The van der Waals surface area contributed by atoms with Crippen molar-refractivity contribution in [1.82, 2.24) is 10.3 Å². The van der Waals surface area contributed by atoms with Gasteiger partial charge in [-0.15, -0.1) is 11.3 Å². The molecule has 0 unspecified atom stereocenters. The van der Waals surface area contributed by atoms with E-state index in [-0.39, 0.29) is 18.5 Å². The van der Waals surface area contributed by atoms with Gasteiger partial charge in [0.2, 0.25) is 5.91 Å². The lowest BCUT2D eigenvalue weighted by molar-refractivity contribution is -0.115. The SMILES string of the molecule is CCc1ccc([C@H](C)NCC(=O)Nc2nc(-c3ccc(Cl)cc3Cl)cs2)cc1. The molecule has 0 saturated heterocycles. The summed E-state index contributed by atoms with van der Waals surface area (Å²) in [4.78, 5) is 16.7. The number of halogens is 2. The quantitative estimate of drug-likeness (QED) is 0.482. The van der Waals surface area contributed by atoms with Crippen molar-refractivity contribution in [3.05, 3.63) is 69.0 Å². The van der Waals surface area contributed by atoms with E-state index >= 15 is 0 Å². The van der Waals surface area contributed by atoms with Gasteiger partial charge in [0.25, 0.3) is 0 Å². The third-order valence-electron chi connectivity index (χ3n) is 4.41. The summed E-state index contributed by atoms with van der Waals surface area (Å²) in [6.45, 7) is 4.37. The third kappa shape index (κ3) is 5.32. The smallest absolute Gasteiger partial charge is 0.240 e. The number of hydrogen-bond donors (Lipinski definition) is 2. The van der Waals surface area contributed by atoms with Gasteiger partial charge in [0, 0.05) is 22.0 Å². The molecule has 0 spiro atoms. The zero-order chi connectivity index (χ0) is 20.1. The molecule has 1 atom stereocenters. The molecule has 3 rings (SSSR count). The van der Waals surface area contributed by atoms with Crippen molar-refractivity contribution in [2.24, 2.45) is 0 Å². The normalized spacial score (nSPS) is 12.0. The fourth-order valence-corrected chi connectivity index (χ4v) is 3.95. The van der Waals surface area contributed by atoms with Crippen LogP contribution in [0.2, 0.25) is 10.0 Å². The van der Waals surface area contributed by atoms with Gasteiger partial charge in [0.05, 0.1) is 17.3 Å². The van der Waals surface area contributed by atoms with Gasteiger partial charge >= 0.3 is 0 Å². The lowest BCUT2D eigenvalue weighted by Gasteiger charge is -2.14. The maximum Gasteiger partial charge on any atom is 0.240 e. The van der Waals surface area contributed by atoms with Crippen LogP contribution < -0.4 is 10.6 Å². The van der Waals surface area contributed by atoms with Crippen LogP contribution in [0.1, 0.15) is 31.0 Å². The fraction of sp³-hybridized carbons (Fsp3) is 0.238. The summed E-state index contributed by atoms with van der Waals surface area (Å²) in [7, 11) is 0. The largest absolute Gasteiger partial charge is 0.302 e. The molecular formula is C21H21Cl2N3OS. The molecular weight excluding hydrogens is 413 g/mol. The molecule has 1 amide bonds. The highest BCUT2D eigenvalue weighted by Crippen LogP contribution is 2.32. The van der Waals surface area contributed by atoms with Crippen molar-refractivity contribution in [3.63, 3.8) is 0 Å². The molecule has 0 bridgehead atoms. The fourth-order valence-electron chi connectivity index (χ4n) is 2.72. The average molecular weight is 434 g/mol. The van der Waals surface area contributed by atoms with E-state index in [4.69, 9.17) is 23.2 Å². The summed E-state index contributed by atoms with van der Waals surface area (Å²) in [5.41, 5.74) is 3.94. The molecule has 0 fully saturated rings. The summed E-state index contributed by atoms with van der Waals surface area (Å²) in [6.07, 6.45) is 1.02. The van der Waals surface area contributed by atoms with Crippen molar-refractivity contribution >= 4 is 45.6 Å². The average Bonchev–Trinajstić information content (AvgIpc) is 3.14. The Balaban J connectivity index is 1.55. The number of thiazole rings is 1. The Labute approximate surface area is 178 Å². The first-order valence-electron chi connectivity index (χ1n) is 8.99. The van der Waals surface area contributed by atoms with Crippen LogP contribution in [0.4, 0.5) is 5.13 Å². The summed E-state index contributed by atoms with van der Waals surface area (Å²) in [6, 6.07) is 13.8. The van der Waals surface area contributed by atoms with Gasteiger partial charge < -0.3 is 10.6 Å². The summed E-state index contributed by atoms with van der Waals surface area (Å²) >= 11 is 13.5. The van der Waals surface area contributed by atoms with E-state index in [9.17, 15) is 4.79 Å². The molecule has 0 aliphatic heterocycles. The minimum Gasteiger partial charge on any atom is -0.302 e. The van der Waals surface area contributed by atoms with Crippen LogP contribution in [0.5, 0.6) is 0 Å². The highest BCUT2D eigenvalue weighted by Gasteiger charge is 2.12. The molecule has 146 valence electrons. The summed E-state index contributed by atoms with van der Waals surface area (Å²) < 4.78 is 0. The Morgan fingerprint density at radius 1 is 1.18 bits per heavy atom. The third-order valence-corrected chi connectivity index (χ3v) is 5.72. The molecule has 0 radical (unpaired) electrons. The molecule has 2 N–H and O–H groups in total. The highest BCUT2D eigenvalue weighted by molar-refractivity contribution is 7.14. The van der Waals surface area contributed by atoms with E-state index in [2.05, 4.69) is 46.8 Å². The van der Waals surface area contributed by atoms with Gasteiger partial charge in [-0.2, -0.15) is 0 Å². The molecule has 0 aliphatic carbocycles. The van der Waals surface area contributed by atoms with Crippen LogP contribution in [0, 0.1) is 0 Å². The molecule has 3 aromatic rings. The Bertz CT molecular complexity index is 957. The van der Waals surface area contributed by atoms with Crippen molar-refractivity contribution in [2.45, 2.75) is 26.3 Å². The second kappa shape index (κ2) is 9.52. The number of anilines is 1. The predicted octanol–water partition coefficient (Wildman–Crippen LogP) is 5.97. The molecule has 4 nitrogen and oxygen atoms in total. The van der Waals surface area contributed by atoms with Crippen molar-refractivity contribution < 1.29 is 4.79 Å². The van der Waals surface area contributed by atoms with Crippen LogP contribution in [-0.2, 0) is 11.2 Å². The molecule has 1 aromatic heterocycles. The number of nitrogens with one attached hydrogen (secondary N) is 2. The standard InChI is InChI=1S/C21H21Cl2N3OS/c1-3-14-4-6-15(7-5-14)13(2)24-11-20(27)26-21-25-19(12-28-21)17-9-8-16(22)10-18(17)23/h4-10,12-13,24H,3,11H2,1-2H3,(H,25,26,27)/t13-/m0/s1. The van der Waals surface area contributed by atoms with Crippen LogP contribution >= 0.6 is 34.5 Å². The van der Waals surface area contributed by atoms with Gasteiger partial charge in [0.15, 0.2) is 5.13 Å². The van der Waals surface area contributed by atoms with Crippen molar-refractivity contribution in [3.8, 4) is 11.3 Å². The van der Waals surface area contributed by atoms with Crippen LogP contribution in [-0.4, -0.2) is 17.4 Å². The molecule has 1 heterocycles. The van der Waals surface area contributed by atoms with E-state index in [1.807, 2.05) is 18.4 Å². The lowest BCUT2D eigenvalue weighted by atomic mass is 10.1. The van der Waals surface area contributed by atoms with Crippen LogP contribution in [0.3, 0.4) is 0 Å². The van der Waals surface area contributed by atoms with E-state index in [0.717, 1.165) is 17.5 Å². The van der Waals surface area contributed by atoms with E-state index in [1.165, 1.54) is 16.9 Å². The second-order valence-electron chi connectivity index (χ2n) is 6.41. The summed E-state index contributed by atoms with van der Waals surface area (Å²) in [5, 5.41) is 9.56. The topological polar surface area (TPSA) is 54.0 Å². The lowest BCUT2D eigenvalue weighted by Crippen LogP contribution is -2.30. The zero-order valence-corrected chi connectivity index (χ0v) is 18.0. The Kier molecular flexibility index (Phi) is 7.08. The molecule has 7 heteroatoms.